The highest BCUT2D eigenvalue weighted by Crippen LogP contribution is 2.18. The average Bonchev–Trinajstić information content (AvgIpc) is 2.56. The number of halogens is 1. The van der Waals surface area contributed by atoms with Gasteiger partial charge in [-0.15, -0.1) is 0 Å². The van der Waals surface area contributed by atoms with Gasteiger partial charge in [-0.2, -0.15) is 5.10 Å². The summed E-state index contributed by atoms with van der Waals surface area (Å²) in [6, 6.07) is 0.636. The van der Waals surface area contributed by atoms with E-state index in [1.165, 1.54) is 25.0 Å². The van der Waals surface area contributed by atoms with E-state index in [9.17, 15) is 0 Å². The first-order valence-corrected chi connectivity index (χ1v) is 6.88. The summed E-state index contributed by atoms with van der Waals surface area (Å²) in [4.78, 5) is 0. The van der Waals surface area contributed by atoms with Crippen molar-refractivity contribution in [2.45, 2.75) is 45.6 Å². The minimum Gasteiger partial charge on any atom is -0.314 e. The first kappa shape index (κ1) is 13.7. The summed E-state index contributed by atoms with van der Waals surface area (Å²) in [5.41, 5.74) is 1.29. The molecule has 4 heteroatoms. The molecule has 1 aromatic rings. The van der Waals surface area contributed by atoms with Gasteiger partial charge in [-0.25, -0.2) is 0 Å². The Bertz CT molecular complexity index is 284. The Morgan fingerprint density at radius 1 is 1.44 bits per heavy atom. The van der Waals surface area contributed by atoms with E-state index in [-0.39, 0.29) is 0 Å². The van der Waals surface area contributed by atoms with Crippen LogP contribution in [0.1, 0.15) is 38.8 Å². The molecule has 1 heterocycles. The lowest BCUT2D eigenvalue weighted by Gasteiger charge is -2.17. The van der Waals surface area contributed by atoms with Crippen LogP contribution in [0.15, 0.2) is 10.7 Å². The molecule has 1 rings (SSSR count). The Morgan fingerprint density at radius 3 is 2.69 bits per heavy atom. The summed E-state index contributed by atoms with van der Waals surface area (Å²) in [5.74, 6) is 0. The van der Waals surface area contributed by atoms with E-state index in [1.54, 1.807) is 0 Å². The lowest BCUT2D eigenvalue weighted by molar-refractivity contribution is 0.454. The zero-order valence-electron chi connectivity index (χ0n) is 10.5. The third-order valence-electron chi connectivity index (χ3n) is 2.87. The number of nitrogens with zero attached hydrogens (tertiary/aromatic N) is 2. The van der Waals surface area contributed by atoms with E-state index in [2.05, 4.69) is 40.2 Å². The van der Waals surface area contributed by atoms with Crippen molar-refractivity contribution >= 4 is 15.9 Å². The highest BCUT2D eigenvalue weighted by molar-refractivity contribution is 9.10. The van der Waals surface area contributed by atoms with Gasteiger partial charge in [0.25, 0.3) is 0 Å². The second kappa shape index (κ2) is 7.07. The molecule has 0 aliphatic rings. The van der Waals surface area contributed by atoms with Crippen LogP contribution in [0.25, 0.3) is 0 Å². The van der Waals surface area contributed by atoms with Gasteiger partial charge in [0.05, 0.1) is 16.4 Å². The van der Waals surface area contributed by atoms with Crippen LogP contribution in [-0.2, 0) is 13.5 Å². The summed E-state index contributed by atoms with van der Waals surface area (Å²) < 4.78 is 3.08. The molecule has 0 aromatic carbocycles. The minimum atomic E-state index is 0.636. The molecule has 0 radical (unpaired) electrons. The second-order valence-electron chi connectivity index (χ2n) is 4.14. The van der Waals surface area contributed by atoms with Gasteiger partial charge in [0, 0.05) is 13.1 Å². The van der Waals surface area contributed by atoms with Crippen molar-refractivity contribution < 1.29 is 0 Å². The number of aromatic nitrogens is 2. The van der Waals surface area contributed by atoms with Gasteiger partial charge in [0.1, 0.15) is 0 Å². The molecule has 0 saturated heterocycles. The average molecular weight is 288 g/mol. The fourth-order valence-electron chi connectivity index (χ4n) is 2.01. The Hall–Kier alpha value is -0.350. The predicted molar refractivity (Wildman–Crippen MR) is 71.6 cm³/mol. The van der Waals surface area contributed by atoms with E-state index in [0.29, 0.717) is 6.04 Å². The summed E-state index contributed by atoms with van der Waals surface area (Å²) in [7, 11) is 2.00. The van der Waals surface area contributed by atoms with Crippen molar-refractivity contribution in [2.75, 3.05) is 6.54 Å². The number of nitrogens with one attached hydrogen (secondary N) is 1. The van der Waals surface area contributed by atoms with Crippen molar-refractivity contribution in [2.24, 2.45) is 7.05 Å². The lowest BCUT2D eigenvalue weighted by Crippen LogP contribution is -2.29. The van der Waals surface area contributed by atoms with Crippen LogP contribution in [0, 0.1) is 0 Å². The highest BCUT2D eigenvalue weighted by atomic mass is 79.9. The van der Waals surface area contributed by atoms with Crippen LogP contribution in [0.3, 0.4) is 0 Å². The topological polar surface area (TPSA) is 29.9 Å². The van der Waals surface area contributed by atoms with E-state index in [4.69, 9.17) is 0 Å². The Morgan fingerprint density at radius 2 is 2.19 bits per heavy atom. The standard InChI is InChI=1S/C12H22BrN3/c1-4-6-10(14-5-2)7-8-12-11(13)9-15-16(12)3/h9-10,14H,4-8H2,1-3H3. The monoisotopic (exact) mass is 287 g/mol. The normalized spacial score (nSPS) is 13.0. The molecular weight excluding hydrogens is 266 g/mol. The third-order valence-corrected chi connectivity index (χ3v) is 3.53. The Labute approximate surface area is 107 Å². The maximum Gasteiger partial charge on any atom is 0.0635 e. The number of rotatable bonds is 7. The maximum atomic E-state index is 4.24. The number of hydrogen-bond acceptors (Lipinski definition) is 2. The van der Waals surface area contributed by atoms with Crippen LogP contribution >= 0.6 is 15.9 Å². The molecule has 3 nitrogen and oxygen atoms in total. The second-order valence-corrected chi connectivity index (χ2v) is 5.00. The smallest absolute Gasteiger partial charge is 0.0635 e. The molecule has 0 aliphatic carbocycles. The van der Waals surface area contributed by atoms with Crippen molar-refractivity contribution in [3.8, 4) is 0 Å². The Balaban J connectivity index is 2.48. The largest absolute Gasteiger partial charge is 0.314 e. The van der Waals surface area contributed by atoms with Crippen LogP contribution < -0.4 is 5.32 Å². The maximum absolute atomic E-state index is 4.24. The van der Waals surface area contributed by atoms with E-state index >= 15 is 0 Å². The van der Waals surface area contributed by atoms with Gasteiger partial charge in [-0.3, -0.25) is 4.68 Å². The van der Waals surface area contributed by atoms with Gasteiger partial charge in [-0.1, -0.05) is 20.3 Å². The molecule has 0 amide bonds. The highest BCUT2D eigenvalue weighted by Gasteiger charge is 2.10. The molecule has 0 spiro atoms. The van der Waals surface area contributed by atoms with Gasteiger partial charge >= 0.3 is 0 Å². The van der Waals surface area contributed by atoms with Crippen molar-refractivity contribution in [1.29, 1.82) is 0 Å². The number of aryl methyl sites for hydroxylation is 1. The van der Waals surface area contributed by atoms with Crippen molar-refractivity contribution in [3.63, 3.8) is 0 Å². The molecule has 0 fully saturated rings. The van der Waals surface area contributed by atoms with E-state index in [1.807, 2.05) is 17.9 Å². The zero-order chi connectivity index (χ0) is 12.0. The lowest BCUT2D eigenvalue weighted by atomic mass is 10.0. The predicted octanol–water partition coefficient (Wildman–Crippen LogP) is 2.89. The summed E-state index contributed by atoms with van der Waals surface area (Å²) in [6.07, 6.45) is 6.62. The molecule has 0 aliphatic heterocycles. The van der Waals surface area contributed by atoms with E-state index < -0.39 is 0 Å². The zero-order valence-corrected chi connectivity index (χ0v) is 12.0. The van der Waals surface area contributed by atoms with Crippen molar-refractivity contribution in [1.82, 2.24) is 15.1 Å². The molecule has 1 unspecified atom stereocenters. The van der Waals surface area contributed by atoms with Crippen LogP contribution in [0.5, 0.6) is 0 Å². The fourth-order valence-corrected chi connectivity index (χ4v) is 2.56. The summed E-state index contributed by atoms with van der Waals surface area (Å²) in [5, 5.41) is 7.78. The molecule has 16 heavy (non-hydrogen) atoms. The van der Waals surface area contributed by atoms with Crippen LogP contribution in [0.2, 0.25) is 0 Å². The van der Waals surface area contributed by atoms with Gasteiger partial charge in [0.2, 0.25) is 0 Å². The minimum absolute atomic E-state index is 0.636. The van der Waals surface area contributed by atoms with Gasteiger partial charge < -0.3 is 5.32 Å². The summed E-state index contributed by atoms with van der Waals surface area (Å²) >= 11 is 3.54. The molecule has 92 valence electrons. The van der Waals surface area contributed by atoms with Crippen molar-refractivity contribution in [3.05, 3.63) is 16.4 Å². The molecule has 0 saturated carbocycles. The first-order chi connectivity index (χ1) is 7.69. The van der Waals surface area contributed by atoms with Crippen LogP contribution in [-0.4, -0.2) is 22.4 Å². The first-order valence-electron chi connectivity index (χ1n) is 6.08. The molecular formula is C12H22BrN3. The van der Waals surface area contributed by atoms with Gasteiger partial charge in [0.15, 0.2) is 0 Å². The Kier molecular flexibility index (Phi) is 6.06. The summed E-state index contributed by atoms with van der Waals surface area (Å²) in [6.45, 7) is 5.46. The molecule has 1 N–H and O–H groups in total. The molecule has 1 aromatic heterocycles. The molecule has 1 atom stereocenters. The molecule has 0 bridgehead atoms. The van der Waals surface area contributed by atoms with Gasteiger partial charge in [-0.05, 0) is 41.7 Å². The number of hydrogen-bond donors (Lipinski definition) is 1. The SMILES string of the molecule is CCCC(CCc1c(Br)cnn1C)NCC. The third kappa shape index (κ3) is 3.91. The van der Waals surface area contributed by atoms with Crippen LogP contribution in [0.4, 0.5) is 0 Å². The fraction of sp³-hybridized carbons (Fsp3) is 0.750. The van der Waals surface area contributed by atoms with E-state index in [0.717, 1.165) is 17.4 Å². The quantitative estimate of drug-likeness (QED) is 0.836.